The summed E-state index contributed by atoms with van der Waals surface area (Å²) >= 11 is 0. The molecule has 0 bridgehead atoms. The molecule has 2 saturated heterocycles. The number of hydrogen-bond acceptors (Lipinski definition) is 8. The summed E-state index contributed by atoms with van der Waals surface area (Å²) in [6.45, 7) is 5.00. The predicted molar refractivity (Wildman–Crippen MR) is 214 cm³/mol. The van der Waals surface area contributed by atoms with E-state index in [0.717, 1.165) is 75.9 Å². The van der Waals surface area contributed by atoms with Gasteiger partial charge in [0.1, 0.15) is 17.9 Å². The van der Waals surface area contributed by atoms with Crippen LogP contribution in [0.1, 0.15) is 68.9 Å². The number of aromatic amines is 1. The first-order valence-electron chi connectivity index (χ1n) is 19.3. The Kier molecular flexibility index (Phi) is 11.5. The number of alkyl carbamates (subject to hydrolysis) is 2. The fraction of sp³-hybridized carbons (Fsp3) is 0.395. The zero-order valence-corrected chi connectivity index (χ0v) is 32.3. The molecule has 7 rings (SSSR count). The summed E-state index contributed by atoms with van der Waals surface area (Å²) in [5.74, 6) is 0.338. The van der Waals surface area contributed by atoms with Crippen molar-refractivity contribution in [3.05, 3.63) is 96.1 Å². The molecular weight excluding hydrogens is 711 g/mol. The number of H-pyrrole nitrogens is 1. The number of nitrogens with one attached hydrogen (secondary N) is 3. The molecule has 56 heavy (non-hydrogen) atoms. The van der Waals surface area contributed by atoms with E-state index in [1.165, 1.54) is 14.2 Å². The first kappa shape index (κ1) is 38.3. The number of methoxy groups -OCH3 is 2. The lowest BCUT2D eigenvalue weighted by atomic mass is 9.95. The Balaban J connectivity index is 1.01. The van der Waals surface area contributed by atoms with Crippen LogP contribution in [-0.4, -0.2) is 94.9 Å². The van der Waals surface area contributed by atoms with E-state index >= 15 is 0 Å². The van der Waals surface area contributed by atoms with Crippen molar-refractivity contribution in [1.82, 2.24) is 30.4 Å². The molecule has 0 saturated carbocycles. The Morgan fingerprint density at radius 2 is 1.46 bits per heavy atom. The highest BCUT2D eigenvalue weighted by Gasteiger charge is 2.39. The molecule has 4 aromatic rings. The van der Waals surface area contributed by atoms with Crippen molar-refractivity contribution in [2.75, 3.05) is 27.3 Å². The van der Waals surface area contributed by atoms with Gasteiger partial charge in [0.2, 0.25) is 11.8 Å². The molecule has 1 aromatic heterocycles. The van der Waals surface area contributed by atoms with E-state index in [1.54, 1.807) is 0 Å². The van der Waals surface area contributed by atoms with Crippen LogP contribution in [0.2, 0.25) is 0 Å². The lowest BCUT2D eigenvalue weighted by Gasteiger charge is -2.30. The number of amides is 4. The van der Waals surface area contributed by atoms with E-state index in [1.807, 2.05) is 66.4 Å². The molecule has 13 heteroatoms. The molecule has 4 amide bonds. The van der Waals surface area contributed by atoms with Crippen molar-refractivity contribution in [1.29, 1.82) is 0 Å². The number of hydrogen-bond donors (Lipinski definition) is 3. The Hall–Kier alpha value is -5.98. The van der Waals surface area contributed by atoms with Crippen molar-refractivity contribution >= 4 is 46.1 Å². The van der Waals surface area contributed by atoms with Crippen LogP contribution in [0.4, 0.5) is 9.59 Å². The van der Waals surface area contributed by atoms with Gasteiger partial charge in [0.15, 0.2) is 0 Å². The summed E-state index contributed by atoms with van der Waals surface area (Å²) in [5, 5.41) is 7.62. The molecule has 4 heterocycles. The number of carbonyl (C=O) groups excluding carboxylic acids is 4. The molecular formula is C43H49N7O6. The summed E-state index contributed by atoms with van der Waals surface area (Å²) < 4.78 is 9.62. The van der Waals surface area contributed by atoms with E-state index < -0.39 is 24.3 Å². The van der Waals surface area contributed by atoms with Gasteiger partial charge in [-0.1, -0.05) is 68.4 Å². The summed E-state index contributed by atoms with van der Waals surface area (Å²) in [5.41, 5.74) is 5.92. The molecule has 2 fully saturated rings. The summed E-state index contributed by atoms with van der Waals surface area (Å²) in [6.07, 6.45) is 6.78. The van der Waals surface area contributed by atoms with E-state index in [4.69, 9.17) is 19.5 Å². The van der Waals surface area contributed by atoms with Crippen LogP contribution >= 0.6 is 0 Å². The molecule has 0 unspecified atom stereocenters. The highest BCUT2D eigenvalue weighted by Crippen LogP contribution is 2.35. The number of benzene rings is 3. The third kappa shape index (κ3) is 8.17. The Morgan fingerprint density at radius 3 is 2.16 bits per heavy atom. The van der Waals surface area contributed by atoms with Gasteiger partial charge in [-0.25, -0.2) is 14.6 Å². The Labute approximate surface area is 326 Å². The topological polar surface area (TPSA) is 158 Å². The fourth-order valence-electron chi connectivity index (χ4n) is 8.11. The number of aromatic nitrogens is 2. The van der Waals surface area contributed by atoms with Gasteiger partial charge in [-0.15, -0.1) is 0 Å². The third-order valence-electron chi connectivity index (χ3n) is 11.1. The summed E-state index contributed by atoms with van der Waals surface area (Å²) in [7, 11) is 2.59. The molecule has 0 aliphatic carbocycles. The highest BCUT2D eigenvalue weighted by atomic mass is 16.5. The second-order valence-electron chi connectivity index (χ2n) is 15.0. The van der Waals surface area contributed by atoms with E-state index in [2.05, 4.69) is 52.0 Å². The third-order valence-corrected chi connectivity index (χ3v) is 11.1. The van der Waals surface area contributed by atoms with Crippen molar-refractivity contribution in [2.45, 2.75) is 76.5 Å². The average Bonchev–Trinajstić information content (AvgIpc) is 4.06. The normalized spacial score (nSPS) is 19.1. The van der Waals surface area contributed by atoms with Crippen molar-refractivity contribution in [3.63, 3.8) is 0 Å². The van der Waals surface area contributed by atoms with Crippen molar-refractivity contribution in [3.8, 4) is 11.3 Å². The number of rotatable bonds is 11. The van der Waals surface area contributed by atoms with Crippen LogP contribution in [0.3, 0.4) is 0 Å². The lowest BCUT2D eigenvalue weighted by Crippen LogP contribution is -2.52. The van der Waals surface area contributed by atoms with Gasteiger partial charge in [0.25, 0.3) is 0 Å². The summed E-state index contributed by atoms with van der Waals surface area (Å²) in [4.78, 5) is 68.4. The number of ether oxygens (including phenoxy) is 2. The minimum Gasteiger partial charge on any atom is -0.453 e. The van der Waals surface area contributed by atoms with Gasteiger partial charge < -0.3 is 34.9 Å². The van der Waals surface area contributed by atoms with Gasteiger partial charge in [-0.2, -0.15) is 0 Å². The molecule has 4 atom stereocenters. The van der Waals surface area contributed by atoms with Gasteiger partial charge in [0, 0.05) is 43.4 Å². The van der Waals surface area contributed by atoms with Crippen LogP contribution in [0, 0.1) is 5.92 Å². The van der Waals surface area contributed by atoms with Gasteiger partial charge in [0.05, 0.1) is 38.2 Å². The van der Waals surface area contributed by atoms with Gasteiger partial charge in [-0.3, -0.25) is 14.6 Å². The largest absolute Gasteiger partial charge is 0.453 e. The monoisotopic (exact) mass is 759 g/mol. The maximum Gasteiger partial charge on any atom is 0.407 e. The molecule has 0 radical (unpaired) electrons. The molecule has 3 N–H and O–H groups in total. The van der Waals surface area contributed by atoms with Crippen molar-refractivity contribution in [2.24, 2.45) is 10.9 Å². The molecule has 0 spiro atoms. The average molecular weight is 760 g/mol. The first-order valence-corrected chi connectivity index (χ1v) is 19.3. The molecule has 3 aliphatic rings. The molecule has 3 aromatic carbocycles. The zero-order valence-electron chi connectivity index (χ0n) is 32.3. The number of nitrogens with zero attached hydrogens (tertiary/aromatic N) is 4. The van der Waals surface area contributed by atoms with E-state index in [0.29, 0.717) is 25.9 Å². The minimum absolute atomic E-state index is 0.109. The zero-order chi connectivity index (χ0) is 39.3. The SMILES string of the molecule is COC(=O)N[C@@H](Cc1ccccc1)C(=O)N1CCC[C@H]1C1=NC=C(c2ccc3cc(-c4cnc([C@@H]5CCCN5C(=O)[C@@H](NC(=O)OC)C(C)C)[nH]4)ccc3c2)C1. The fourth-order valence-corrected chi connectivity index (χ4v) is 8.11. The quantitative estimate of drug-likeness (QED) is 0.159. The number of likely N-dealkylation sites (tertiary alicyclic amines) is 2. The van der Waals surface area contributed by atoms with Crippen LogP contribution in [0.15, 0.2) is 84.1 Å². The number of aliphatic imine (C=N–C) groups is 1. The first-order chi connectivity index (χ1) is 27.1. The lowest BCUT2D eigenvalue weighted by molar-refractivity contribution is -0.135. The number of imidazole rings is 1. The van der Waals surface area contributed by atoms with E-state index in [9.17, 15) is 19.2 Å². The van der Waals surface area contributed by atoms with Crippen molar-refractivity contribution < 1.29 is 28.7 Å². The number of allylic oxidation sites excluding steroid dienone is 1. The Bertz CT molecular complexity index is 2160. The maximum absolute atomic E-state index is 13.9. The summed E-state index contributed by atoms with van der Waals surface area (Å²) in [6, 6.07) is 20.5. The van der Waals surface area contributed by atoms with Crippen LogP contribution in [-0.2, 0) is 25.5 Å². The Morgan fingerprint density at radius 1 is 0.821 bits per heavy atom. The van der Waals surface area contributed by atoms with Gasteiger partial charge in [-0.05, 0) is 71.2 Å². The molecule has 3 aliphatic heterocycles. The van der Waals surface area contributed by atoms with Crippen LogP contribution < -0.4 is 10.6 Å². The number of carbonyl (C=O) groups is 4. The second kappa shape index (κ2) is 16.8. The number of fused-ring (bicyclic) bond motifs is 1. The standard InChI is InChI=1S/C43H49N7O6/c1-26(2)38(48-43(54)56-4)41(52)50-19-9-13-37(50)39-45-25-35(46-39)31-17-16-28-21-30(15-14-29(28)22-31)32-23-33(44-24-32)36-12-8-18-49(36)40(51)34(47-42(53)55-3)20-27-10-6-5-7-11-27/h5-7,10-11,14-17,21-22,24-26,34,36-38H,8-9,12-13,18-20,23H2,1-4H3,(H,45,46)(H,47,53)(H,48,54)/t34-,36-,37-,38-/m0/s1. The minimum atomic E-state index is -0.750. The van der Waals surface area contributed by atoms with Gasteiger partial charge >= 0.3 is 12.2 Å². The van der Waals surface area contributed by atoms with E-state index in [-0.39, 0.29) is 29.8 Å². The van der Waals surface area contributed by atoms with Crippen LogP contribution in [0.25, 0.3) is 27.6 Å². The molecule has 292 valence electrons. The predicted octanol–water partition coefficient (Wildman–Crippen LogP) is 6.42. The maximum atomic E-state index is 13.9. The highest BCUT2D eigenvalue weighted by molar-refractivity contribution is 6.04. The smallest absolute Gasteiger partial charge is 0.407 e. The van der Waals surface area contributed by atoms with Crippen LogP contribution in [0.5, 0.6) is 0 Å². The molecule has 13 nitrogen and oxygen atoms in total. The second-order valence-corrected chi connectivity index (χ2v) is 15.0.